The van der Waals surface area contributed by atoms with Crippen LogP contribution in [0.4, 0.5) is 0 Å². The Kier molecular flexibility index (Phi) is 4.96. The molecule has 3 N–H and O–H groups in total. The molecule has 1 aromatic heterocycles. The molecule has 16 heavy (non-hydrogen) atoms. The number of nitrogens with one attached hydrogen (secondary N) is 1. The van der Waals surface area contributed by atoms with E-state index in [0.29, 0.717) is 12.3 Å². The zero-order valence-electron chi connectivity index (χ0n) is 10.1. The second-order valence-corrected chi connectivity index (χ2v) is 5.40. The molecule has 2 atom stereocenters. The minimum absolute atomic E-state index is 0.0297. The van der Waals surface area contributed by atoms with Crippen molar-refractivity contribution in [3.05, 3.63) is 22.4 Å². The molecule has 3 nitrogen and oxygen atoms in total. The monoisotopic (exact) mass is 240 g/mol. The molecule has 0 aromatic carbocycles. The van der Waals surface area contributed by atoms with Gasteiger partial charge in [-0.15, -0.1) is 11.3 Å². The summed E-state index contributed by atoms with van der Waals surface area (Å²) in [6.45, 7) is 6.05. The summed E-state index contributed by atoms with van der Waals surface area (Å²) in [5.41, 5.74) is 5.85. The summed E-state index contributed by atoms with van der Waals surface area (Å²) >= 11 is 1.65. The van der Waals surface area contributed by atoms with Gasteiger partial charge in [0, 0.05) is 17.3 Å². The maximum absolute atomic E-state index is 11.7. The summed E-state index contributed by atoms with van der Waals surface area (Å²) in [5.74, 6) is 0.366. The van der Waals surface area contributed by atoms with Gasteiger partial charge in [0.2, 0.25) is 5.91 Å². The highest BCUT2D eigenvalue weighted by atomic mass is 32.1. The van der Waals surface area contributed by atoms with Crippen molar-refractivity contribution in [3.63, 3.8) is 0 Å². The molecule has 0 aliphatic carbocycles. The van der Waals surface area contributed by atoms with Gasteiger partial charge in [-0.05, 0) is 24.3 Å². The number of thiophene rings is 1. The van der Waals surface area contributed by atoms with Crippen molar-refractivity contribution < 1.29 is 4.79 Å². The fourth-order valence-electron chi connectivity index (χ4n) is 1.36. The first-order valence-corrected chi connectivity index (χ1v) is 6.47. The number of amides is 1. The maximum Gasteiger partial charge on any atom is 0.222 e. The van der Waals surface area contributed by atoms with Gasteiger partial charge in [-0.2, -0.15) is 0 Å². The molecule has 1 amide bonds. The molecular formula is C12H20N2OS. The highest BCUT2D eigenvalue weighted by molar-refractivity contribution is 7.10. The summed E-state index contributed by atoms with van der Waals surface area (Å²) in [6.07, 6.45) is 0.396. The lowest BCUT2D eigenvalue weighted by Crippen LogP contribution is -2.35. The molecule has 0 aliphatic heterocycles. The van der Waals surface area contributed by atoms with Crippen LogP contribution in [0.2, 0.25) is 0 Å². The van der Waals surface area contributed by atoms with Crippen LogP contribution >= 0.6 is 11.3 Å². The van der Waals surface area contributed by atoms with Crippen LogP contribution < -0.4 is 11.1 Å². The first-order valence-electron chi connectivity index (χ1n) is 5.59. The largest absolute Gasteiger partial charge is 0.349 e. The lowest BCUT2D eigenvalue weighted by atomic mass is 10.0. The molecule has 1 unspecified atom stereocenters. The first kappa shape index (κ1) is 13.2. The summed E-state index contributed by atoms with van der Waals surface area (Å²) in [4.78, 5) is 12.8. The second-order valence-electron chi connectivity index (χ2n) is 4.42. The van der Waals surface area contributed by atoms with E-state index < -0.39 is 0 Å². The third-order valence-corrected chi connectivity index (χ3v) is 3.68. The SMILES string of the molecule is CC(C)C(N)CC(=O)N[C@@H](C)c1cccs1. The predicted octanol–water partition coefficient (Wildman–Crippen LogP) is 2.30. The average molecular weight is 240 g/mol. The second kappa shape index (κ2) is 6.01. The van der Waals surface area contributed by atoms with Gasteiger partial charge >= 0.3 is 0 Å². The molecule has 0 saturated carbocycles. The van der Waals surface area contributed by atoms with Gasteiger partial charge in [-0.25, -0.2) is 0 Å². The van der Waals surface area contributed by atoms with Gasteiger partial charge in [-0.1, -0.05) is 19.9 Å². The van der Waals surface area contributed by atoms with E-state index in [-0.39, 0.29) is 18.0 Å². The lowest BCUT2D eigenvalue weighted by Gasteiger charge is -2.17. The van der Waals surface area contributed by atoms with Gasteiger partial charge in [-0.3, -0.25) is 4.79 Å². The minimum Gasteiger partial charge on any atom is -0.349 e. The first-order chi connectivity index (χ1) is 7.50. The molecule has 90 valence electrons. The van der Waals surface area contributed by atoms with Crippen molar-refractivity contribution in [3.8, 4) is 0 Å². The third-order valence-electron chi connectivity index (χ3n) is 2.62. The quantitative estimate of drug-likeness (QED) is 0.829. The van der Waals surface area contributed by atoms with Crippen molar-refractivity contribution in [1.82, 2.24) is 5.32 Å². The van der Waals surface area contributed by atoms with Crippen molar-refractivity contribution in [1.29, 1.82) is 0 Å². The van der Waals surface area contributed by atoms with Crippen LogP contribution in [0, 0.1) is 5.92 Å². The standard InChI is InChI=1S/C12H20N2OS/c1-8(2)10(13)7-12(15)14-9(3)11-5-4-6-16-11/h4-6,8-10H,7,13H2,1-3H3,(H,14,15)/t9-,10?/m0/s1. The van der Waals surface area contributed by atoms with Gasteiger partial charge in [0.15, 0.2) is 0 Å². The Labute approximate surface area is 101 Å². The van der Waals surface area contributed by atoms with Crippen LogP contribution in [0.1, 0.15) is 38.1 Å². The molecule has 1 aromatic rings. The third kappa shape index (κ3) is 3.94. The summed E-state index contributed by atoms with van der Waals surface area (Å²) in [5, 5.41) is 4.97. The van der Waals surface area contributed by atoms with Crippen molar-refractivity contribution in [2.45, 2.75) is 39.3 Å². The number of nitrogens with two attached hydrogens (primary N) is 1. The van der Waals surface area contributed by atoms with E-state index in [0.717, 1.165) is 0 Å². The Bertz CT molecular complexity index is 322. The van der Waals surface area contributed by atoms with E-state index in [1.165, 1.54) is 4.88 Å². The normalized spacial score (nSPS) is 14.8. The molecule has 1 heterocycles. The molecule has 0 fully saturated rings. The van der Waals surface area contributed by atoms with Gasteiger partial charge in [0.1, 0.15) is 0 Å². The predicted molar refractivity (Wildman–Crippen MR) is 68.3 cm³/mol. The average Bonchev–Trinajstić information content (AvgIpc) is 2.69. The van der Waals surface area contributed by atoms with Crippen LogP contribution in [-0.4, -0.2) is 11.9 Å². The van der Waals surface area contributed by atoms with E-state index in [1.54, 1.807) is 11.3 Å². The van der Waals surface area contributed by atoms with Crippen LogP contribution in [0.3, 0.4) is 0 Å². The Morgan fingerprint density at radius 2 is 2.19 bits per heavy atom. The Balaban J connectivity index is 2.40. The van der Waals surface area contributed by atoms with Gasteiger partial charge in [0.05, 0.1) is 6.04 Å². The minimum atomic E-state index is -0.0597. The van der Waals surface area contributed by atoms with Crippen LogP contribution in [0.15, 0.2) is 17.5 Å². The van der Waals surface area contributed by atoms with Crippen LogP contribution in [-0.2, 0) is 4.79 Å². The van der Waals surface area contributed by atoms with E-state index in [4.69, 9.17) is 5.73 Å². The van der Waals surface area contributed by atoms with Gasteiger partial charge < -0.3 is 11.1 Å². The molecule has 0 radical (unpaired) electrons. The lowest BCUT2D eigenvalue weighted by molar-refractivity contribution is -0.122. The molecule has 0 aliphatic rings. The molecular weight excluding hydrogens is 220 g/mol. The van der Waals surface area contributed by atoms with E-state index in [9.17, 15) is 4.79 Å². The van der Waals surface area contributed by atoms with E-state index >= 15 is 0 Å². The Morgan fingerprint density at radius 3 is 2.69 bits per heavy atom. The maximum atomic E-state index is 11.7. The fraction of sp³-hybridized carbons (Fsp3) is 0.583. The number of rotatable bonds is 5. The molecule has 0 spiro atoms. The zero-order chi connectivity index (χ0) is 12.1. The summed E-state index contributed by atoms with van der Waals surface area (Å²) in [6, 6.07) is 4.03. The van der Waals surface area contributed by atoms with Crippen molar-refractivity contribution in [2.24, 2.45) is 11.7 Å². The van der Waals surface area contributed by atoms with Crippen LogP contribution in [0.5, 0.6) is 0 Å². The highest BCUT2D eigenvalue weighted by Crippen LogP contribution is 2.18. The number of carbonyl (C=O) groups is 1. The topological polar surface area (TPSA) is 55.1 Å². The smallest absolute Gasteiger partial charge is 0.222 e. The number of hydrogen-bond acceptors (Lipinski definition) is 3. The van der Waals surface area contributed by atoms with Crippen LogP contribution in [0.25, 0.3) is 0 Å². The van der Waals surface area contributed by atoms with E-state index in [1.807, 2.05) is 38.3 Å². The van der Waals surface area contributed by atoms with Crippen molar-refractivity contribution >= 4 is 17.2 Å². The molecule has 1 rings (SSSR count). The van der Waals surface area contributed by atoms with Crippen molar-refractivity contribution in [2.75, 3.05) is 0 Å². The molecule has 0 saturated heterocycles. The highest BCUT2D eigenvalue weighted by Gasteiger charge is 2.15. The fourth-order valence-corrected chi connectivity index (χ4v) is 2.09. The Morgan fingerprint density at radius 1 is 1.50 bits per heavy atom. The number of hydrogen-bond donors (Lipinski definition) is 2. The molecule has 0 bridgehead atoms. The summed E-state index contributed by atoms with van der Waals surface area (Å²) < 4.78 is 0. The van der Waals surface area contributed by atoms with Gasteiger partial charge in [0.25, 0.3) is 0 Å². The summed E-state index contributed by atoms with van der Waals surface area (Å²) in [7, 11) is 0. The zero-order valence-corrected chi connectivity index (χ0v) is 10.9. The molecule has 4 heteroatoms. The van der Waals surface area contributed by atoms with E-state index in [2.05, 4.69) is 5.32 Å². The number of carbonyl (C=O) groups excluding carboxylic acids is 1. The Hall–Kier alpha value is -0.870.